The van der Waals surface area contributed by atoms with E-state index in [1.165, 1.54) is 0 Å². The van der Waals surface area contributed by atoms with Gasteiger partial charge in [-0.2, -0.15) is 0 Å². The Balaban J connectivity index is 2.16. The zero-order chi connectivity index (χ0) is 15.2. The summed E-state index contributed by atoms with van der Waals surface area (Å²) in [5.74, 6) is 0.372. The lowest BCUT2D eigenvalue weighted by Gasteiger charge is -2.16. The van der Waals surface area contributed by atoms with E-state index in [1.54, 1.807) is 6.07 Å². The van der Waals surface area contributed by atoms with Crippen LogP contribution in [0.3, 0.4) is 0 Å². The lowest BCUT2D eigenvalue weighted by Crippen LogP contribution is -2.32. The average molecular weight is 285 g/mol. The number of hydrogen-bond donors (Lipinski definition) is 2. The van der Waals surface area contributed by atoms with Gasteiger partial charge in [-0.05, 0) is 12.5 Å². The van der Waals surface area contributed by atoms with Crippen molar-refractivity contribution < 1.29 is 9.90 Å². The molecule has 5 heteroatoms. The first kappa shape index (κ1) is 15.0. The van der Waals surface area contributed by atoms with E-state index in [0.717, 1.165) is 11.3 Å². The molecule has 2 rings (SSSR count). The second kappa shape index (κ2) is 6.83. The second-order valence-corrected chi connectivity index (χ2v) is 4.89. The molecule has 0 aliphatic rings. The number of aryl methyl sites for hydroxylation is 2. The highest BCUT2D eigenvalue weighted by atomic mass is 16.4. The molecular weight excluding hydrogens is 266 g/mol. The van der Waals surface area contributed by atoms with Gasteiger partial charge >= 0.3 is 5.97 Å². The number of rotatable bonds is 6. The number of aliphatic carboxylic acids is 1. The van der Waals surface area contributed by atoms with E-state index in [0.29, 0.717) is 24.5 Å². The highest BCUT2D eigenvalue weighted by molar-refractivity contribution is 5.77. The van der Waals surface area contributed by atoms with Crippen LogP contribution in [-0.2, 0) is 17.6 Å². The van der Waals surface area contributed by atoms with Crippen molar-refractivity contribution >= 4 is 11.8 Å². The number of aromatic nitrogens is 2. The molecular formula is C16H19N3O2. The van der Waals surface area contributed by atoms with Crippen LogP contribution < -0.4 is 5.32 Å². The Morgan fingerprint density at radius 2 is 2.00 bits per heavy atom. The van der Waals surface area contributed by atoms with Gasteiger partial charge in [-0.1, -0.05) is 37.3 Å². The molecule has 21 heavy (non-hydrogen) atoms. The molecule has 0 saturated heterocycles. The quantitative estimate of drug-likeness (QED) is 0.852. The Labute approximate surface area is 124 Å². The first-order valence-electron chi connectivity index (χ1n) is 6.96. The van der Waals surface area contributed by atoms with Gasteiger partial charge in [-0.15, -0.1) is 0 Å². The van der Waals surface area contributed by atoms with Crippen molar-refractivity contribution in [3.05, 3.63) is 53.5 Å². The van der Waals surface area contributed by atoms with Crippen LogP contribution in [0.5, 0.6) is 0 Å². The van der Waals surface area contributed by atoms with Crippen LogP contribution in [-0.4, -0.2) is 27.1 Å². The van der Waals surface area contributed by atoms with Crippen LogP contribution in [0.4, 0.5) is 5.82 Å². The summed E-state index contributed by atoms with van der Waals surface area (Å²) in [6, 6.07) is 10.6. The summed E-state index contributed by atoms with van der Waals surface area (Å²) in [4.78, 5) is 20.1. The van der Waals surface area contributed by atoms with Crippen LogP contribution in [0.25, 0.3) is 0 Å². The lowest BCUT2D eigenvalue weighted by atomic mass is 10.1. The number of nitrogens with zero attached hydrogens (tertiary/aromatic N) is 2. The molecule has 0 aliphatic carbocycles. The van der Waals surface area contributed by atoms with Crippen molar-refractivity contribution in [3.63, 3.8) is 0 Å². The lowest BCUT2D eigenvalue weighted by molar-refractivity contribution is -0.137. The molecule has 1 aromatic heterocycles. The Bertz CT molecular complexity index is 614. The third-order valence-corrected chi connectivity index (χ3v) is 3.12. The minimum atomic E-state index is -0.895. The zero-order valence-corrected chi connectivity index (χ0v) is 12.2. The van der Waals surface area contributed by atoms with Crippen LogP contribution in [0.2, 0.25) is 0 Å². The van der Waals surface area contributed by atoms with Gasteiger partial charge in [0.1, 0.15) is 17.7 Å². The van der Waals surface area contributed by atoms with Crippen molar-refractivity contribution in [2.45, 2.75) is 32.7 Å². The normalized spacial score (nSPS) is 11.9. The van der Waals surface area contributed by atoms with Crippen molar-refractivity contribution in [1.82, 2.24) is 9.97 Å². The maximum atomic E-state index is 11.4. The zero-order valence-electron chi connectivity index (χ0n) is 12.2. The molecule has 0 spiro atoms. The number of carboxylic acid groups (broad SMARTS) is 1. The van der Waals surface area contributed by atoms with Crippen molar-refractivity contribution in [2.24, 2.45) is 0 Å². The number of carbonyl (C=O) groups is 1. The standard InChI is InChI=1S/C16H19N3O2/c1-3-14-17-11(2)9-15(19-14)18-13(16(20)21)10-12-7-5-4-6-8-12/h4-9,13H,3,10H2,1-2H3,(H,20,21)(H,17,18,19)/t13-/m0/s1. The van der Waals surface area contributed by atoms with Gasteiger partial charge in [-0.3, -0.25) is 0 Å². The monoisotopic (exact) mass is 285 g/mol. The van der Waals surface area contributed by atoms with Gasteiger partial charge < -0.3 is 10.4 Å². The molecule has 0 fully saturated rings. The molecule has 1 aromatic carbocycles. The SMILES string of the molecule is CCc1nc(C)cc(N[C@@H](Cc2ccccc2)C(=O)O)n1. The van der Waals surface area contributed by atoms with Crippen LogP contribution >= 0.6 is 0 Å². The fourth-order valence-electron chi connectivity index (χ4n) is 2.09. The highest BCUT2D eigenvalue weighted by Gasteiger charge is 2.18. The minimum Gasteiger partial charge on any atom is -0.480 e. The number of nitrogens with one attached hydrogen (secondary N) is 1. The third-order valence-electron chi connectivity index (χ3n) is 3.12. The Morgan fingerprint density at radius 1 is 1.29 bits per heavy atom. The summed E-state index contributed by atoms with van der Waals surface area (Å²) in [6.07, 6.45) is 1.12. The van der Waals surface area contributed by atoms with E-state index in [1.807, 2.05) is 44.2 Å². The number of hydrogen-bond acceptors (Lipinski definition) is 4. The minimum absolute atomic E-state index is 0.403. The fourth-order valence-corrected chi connectivity index (χ4v) is 2.09. The van der Waals surface area contributed by atoms with Crippen molar-refractivity contribution in [3.8, 4) is 0 Å². The van der Waals surface area contributed by atoms with E-state index in [-0.39, 0.29) is 0 Å². The molecule has 1 heterocycles. The molecule has 2 N–H and O–H groups in total. The number of anilines is 1. The molecule has 0 bridgehead atoms. The highest BCUT2D eigenvalue weighted by Crippen LogP contribution is 2.11. The number of carboxylic acids is 1. The van der Waals surface area contributed by atoms with E-state index < -0.39 is 12.0 Å². The van der Waals surface area contributed by atoms with Crippen LogP contribution in [0.1, 0.15) is 24.0 Å². The van der Waals surface area contributed by atoms with Gasteiger partial charge in [0.25, 0.3) is 0 Å². The maximum Gasteiger partial charge on any atom is 0.326 e. The summed E-state index contributed by atoms with van der Waals surface area (Å²) in [7, 11) is 0. The molecule has 2 aromatic rings. The van der Waals surface area contributed by atoms with Crippen molar-refractivity contribution in [2.75, 3.05) is 5.32 Å². The molecule has 0 saturated carbocycles. The first-order valence-corrected chi connectivity index (χ1v) is 6.96. The third kappa shape index (κ3) is 4.27. The smallest absolute Gasteiger partial charge is 0.326 e. The van der Waals surface area contributed by atoms with E-state index in [9.17, 15) is 9.90 Å². The predicted molar refractivity (Wildman–Crippen MR) is 81.3 cm³/mol. The van der Waals surface area contributed by atoms with E-state index in [4.69, 9.17) is 0 Å². The first-order chi connectivity index (χ1) is 10.1. The predicted octanol–water partition coefficient (Wildman–Crippen LogP) is 2.46. The second-order valence-electron chi connectivity index (χ2n) is 4.89. The molecule has 110 valence electrons. The fraction of sp³-hybridized carbons (Fsp3) is 0.312. The van der Waals surface area contributed by atoms with Gasteiger partial charge in [0.05, 0.1) is 0 Å². The summed E-state index contributed by atoms with van der Waals surface area (Å²) in [6.45, 7) is 3.84. The largest absolute Gasteiger partial charge is 0.480 e. The average Bonchev–Trinajstić information content (AvgIpc) is 2.47. The Kier molecular flexibility index (Phi) is 4.87. The molecule has 0 unspecified atom stereocenters. The van der Waals surface area contributed by atoms with E-state index in [2.05, 4.69) is 15.3 Å². The summed E-state index contributed by atoms with van der Waals surface area (Å²) >= 11 is 0. The molecule has 0 radical (unpaired) electrons. The summed E-state index contributed by atoms with van der Waals surface area (Å²) in [5, 5.41) is 12.4. The van der Waals surface area contributed by atoms with Crippen molar-refractivity contribution in [1.29, 1.82) is 0 Å². The molecule has 1 atom stereocenters. The van der Waals surface area contributed by atoms with Gasteiger partial charge in [-0.25, -0.2) is 14.8 Å². The van der Waals surface area contributed by atoms with E-state index >= 15 is 0 Å². The van der Waals surface area contributed by atoms with Gasteiger partial charge in [0.2, 0.25) is 0 Å². The summed E-state index contributed by atoms with van der Waals surface area (Å²) < 4.78 is 0. The topological polar surface area (TPSA) is 75.1 Å². The number of benzene rings is 1. The molecule has 0 amide bonds. The van der Waals surface area contributed by atoms with Gasteiger partial charge in [0.15, 0.2) is 0 Å². The molecule has 0 aliphatic heterocycles. The van der Waals surface area contributed by atoms with Gasteiger partial charge in [0, 0.05) is 24.6 Å². The summed E-state index contributed by atoms with van der Waals surface area (Å²) in [5.41, 5.74) is 1.80. The van der Waals surface area contributed by atoms with Crippen LogP contribution in [0.15, 0.2) is 36.4 Å². The molecule has 5 nitrogen and oxygen atoms in total. The Morgan fingerprint density at radius 3 is 2.62 bits per heavy atom. The van der Waals surface area contributed by atoms with Crippen LogP contribution in [0, 0.1) is 6.92 Å². The Hall–Kier alpha value is -2.43. The maximum absolute atomic E-state index is 11.4.